The molecule has 3 nitrogen and oxygen atoms in total. The van der Waals surface area contributed by atoms with Crippen molar-refractivity contribution < 1.29 is 9.18 Å². The number of amides is 1. The van der Waals surface area contributed by atoms with E-state index in [2.05, 4.69) is 5.32 Å². The fraction of sp³-hybridized carbons (Fsp3) is 0.133. The number of aryl methyl sites for hydroxylation is 1. The zero-order valence-corrected chi connectivity index (χ0v) is 11.6. The van der Waals surface area contributed by atoms with Crippen LogP contribution in [0.5, 0.6) is 0 Å². The van der Waals surface area contributed by atoms with Crippen LogP contribution in [0.2, 0.25) is 5.02 Å². The Morgan fingerprint density at radius 3 is 2.50 bits per heavy atom. The molecule has 0 saturated carbocycles. The van der Waals surface area contributed by atoms with E-state index in [-0.39, 0.29) is 0 Å². The van der Waals surface area contributed by atoms with Gasteiger partial charge < -0.3 is 11.1 Å². The molecular formula is C15H14ClFN2O. The van der Waals surface area contributed by atoms with Crippen molar-refractivity contribution in [1.29, 1.82) is 0 Å². The van der Waals surface area contributed by atoms with Crippen LogP contribution in [0.3, 0.4) is 0 Å². The van der Waals surface area contributed by atoms with Crippen LogP contribution in [-0.2, 0) is 4.79 Å². The summed E-state index contributed by atoms with van der Waals surface area (Å²) in [7, 11) is 0. The van der Waals surface area contributed by atoms with Gasteiger partial charge in [0.15, 0.2) is 0 Å². The first-order chi connectivity index (χ1) is 9.47. The molecule has 1 atom stereocenters. The minimum atomic E-state index is -0.799. The standard InChI is InChI=1S/C15H14ClFN2O/c1-9-2-5-11(17)8-13(9)14(15(18)20)19-12-6-3-10(16)4-7-12/h2-8,14,19H,1H3,(H2,18,20). The number of nitrogens with two attached hydrogens (primary N) is 1. The third-order valence-electron chi connectivity index (χ3n) is 2.99. The van der Waals surface area contributed by atoms with Crippen molar-refractivity contribution in [3.05, 3.63) is 64.4 Å². The lowest BCUT2D eigenvalue weighted by Gasteiger charge is -2.19. The van der Waals surface area contributed by atoms with Gasteiger partial charge in [-0.2, -0.15) is 0 Å². The molecule has 0 aliphatic carbocycles. The first-order valence-electron chi connectivity index (χ1n) is 6.05. The molecule has 0 heterocycles. The van der Waals surface area contributed by atoms with Gasteiger partial charge >= 0.3 is 0 Å². The van der Waals surface area contributed by atoms with Gasteiger partial charge in [-0.1, -0.05) is 17.7 Å². The minimum absolute atomic E-state index is 0.408. The summed E-state index contributed by atoms with van der Waals surface area (Å²) in [6.07, 6.45) is 0. The Morgan fingerprint density at radius 2 is 1.90 bits per heavy atom. The van der Waals surface area contributed by atoms with Gasteiger partial charge in [-0.3, -0.25) is 4.79 Å². The van der Waals surface area contributed by atoms with Crippen molar-refractivity contribution in [2.75, 3.05) is 5.32 Å². The van der Waals surface area contributed by atoms with Crippen LogP contribution < -0.4 is 11.1 Å². The normalized spacial score (nSPS) is 11.9. The number of nitrogens with one attached hydrogen (secondary N) is 1. The topological polar surface area (TPSA) is 55.1 Å². The highest BCUT2D eigenvalue weighted by atomic mass is 35.5. The van der Waals surface area contributed by atoms with E-state index in [1.165, 1.54) is 12.1 Å². The van der Waals surface area contributed by atoms with E-state index in [1.54, 1.807) is 37.3 Å². The lowest BCUT2D eigenvalue weighted by molar-refractivity contribution is -0.118. The van der Waals surface area contributed by atoms with Gasteiger partial charge in [-0.05, 0) is 54.4 Å². The molecule has 5 heteroatoms. The van der Waals surface area contributed by atoms with Gasteiger partial charge in [0, 0.05) is 10.7 Å². The molecule has 0 aliphatic heterocycles. The van der Waals surface area contributed by atoms with Gasteiger partial charge in [-0.15, -0.1) is 0 Å². The van der Waals surface area contributed by atoms with Crippen LogP contribution in [0.25, 0.3) is 0 Å². The maximum Gasteiger partial charge on any atom is 0.244 e. The van der Waals surface area contributed by atoms with Crippen LogP contribution in [0, 0.1) is 12.7 Å². The third-order valence-corrected chi connectivity index (χ3v) is 3.24. The fourth-order valence-electron chi connectivity index (χ4n) is 1.94. The number of carbonyl (C=O) groups excluding carboxylic acids is 1. The first kappa shape index (κ1) is 14.3. The molecule has 2 aromatic carbocycles. The van der Waals surface area contributed by atoms with E-state index >= 15 is 0 Å². The molecule has 2 aromatic rings. The fourth-order valence-corrected chi connectivity index (χ4v) is 2.06. The van der Waals surface area contributed by atoms with Crippen molar-refractivity contribution in [2.24, 2.45) is 5.73 Å². The van der Waals surface area contributed by atoms with E-state index < -0.39 is 17.8 Å². The molecule has 0 fully saturated rings. The van der Waals surface area contributed by atoms with Gasteiger partial charge in [0.25, 0.3) is 0 Å². The lowest BCUT2D eigenvalue weighted by atomic mass is 10.00. The molecule has 0 spiro atoms. The van der Waals surface area contributed by atoms with E-state index in [1.807, 2.05) is 0 Å². The molecule has 3 N–H and O–H groups in total. The van der Waals surface area contributed by atoms with Crippen molar-refractivity contribution in [2.45, 2.75) is 13.0 Å². The number of primary amides is 1. The molecule has 1 amide bonds. The van der Waals surface area contributed by atoms with E-state index in [0.717, 1.165) is 5.56 Å². The Bertz CT molecular complexity index is 628. The summed E-state index contributed by atoms with van der Waals surface area (Å²) in [5.74, 6) is -0.983. The summed E-state index contributed by atoms with van der Waals surface area (Å²) in [5.41, 5.74) is 7.41. The highest BCUT2D eigenvalue weighted by Crippen LogP contribution is 2.24. The largest absolute Gasteiger partial charge is 0.370 e. The number of halogens is 2. The molecule has 0 aliphatic rings. The highest BCUT2D eigenvalue weighted by Gasteiger charge is 2.20. The number of anilines is 1. The first-order valence-corrected chi connectivity index (χ1v) is 6.42. The van der Waals surface area contributed by atoms with E-state index in [9.17, 15) is 9.18 Å². The molecule has 20 heavy (non-hydrogen) atoms. The maximum absolute atomic E-state index is 13.4. The maximum atomic E-state index is 13.4. The number of rotatable bonds is 4. The molecule has 1 unspecified atom stereocenters. The summed E-state index contributed by atoms with van der Waals surface area (Å²) in [6.45, 7) is 1.80. The Balaban J connectivity index is 2.34. The Morgan fingerprint density at radius 1 is 1.25 bits per heavy atom. The SMILES string of the molecule is Cc1ccc(F)cc1C(Nc1ccc(Cl)cc1)C(N)=O. The second kappa shape index (κ2) is 5.92. The number of hydrogen-bond acceptors (Lipinski definition) is 2. The average molecular weight is 293 g/mol. The third kappa shape index (κ3) is 3.27. The van der Waals surface area contributed by atoms with E-state index in [0.29, 0.717) is 16.3 Å². The molecule has 0 bridgehead atoms. The Kier molecular flexibility index (Phi) is 4.25. The van der Waals surface area contributed by atoms with Crippen molar-refractivity contribution in [3.8, 4) is 0 Å². The van der Waals surface area contributed by atoms with Crippen LogP contribution >= 0.6 is 11.6 Å². The summed E-state index contributed by atoms with van der Waals surface area (Å²) in [5, 5.41) is 3.58. The van der Waals surface area contributed by atoms with Crippen molar-refractivity contribution in [3.63, 3.8) is 0 Å². The van der Waals surface area contributed by atoms with Crippen LogP contribution in [0.4, 0.5) is 10.1 Å². The monoisotopic (exact) mass is 292 g/mol. The van der Waals surface area contributed by atoms with Crippen molar-refractivity contribution >= 4 is 23.2 Å². The average Bonchev–Trinajstić information content (AvgIpc) is 2.41. The zero-order valence-electron chi connectivity index (χ0n) is 10.9. The van der Waals surface area contributed by atoms with Crippen LogP contribution in [-0.4, -0.2) is 5.91 Å². The van der Waals surface area contributed by atoms with Crippen LogP contribution in [0.15, 0.2) is 42.5 Å². The van der Waals surface area contributed by atoms with E-state index in [4.69, 9.17) is 17.3 Å². The number of carbonyl (C=O) groups is 1. The highest BCUT2D eigenvalue weighted by molar-refractivity contribution is 6.30. The summed E-state index contributed by atoms with van der Waals surface area (Å²) in [4.78, 5) is 11.6. The number of hydrogen-bond donors (Lipinski definition) is 2. The van der Waals surface area contributed by atoms with Crippen molar-refractivity contribution in [1.82, 2.24) is 0 Å². The number of benzene rings is 2. The zero-order chi connectivity index (χ0) is 14.7. The lowest BCUT2D eigenvalue weighted by Crippen LogP contribution is -2.28. The molecule has 0 aromatic heterocycles. The molecular weight excluding hydrogens is 279 g/mol. The molecule has 104 valence electrons. The summed E-state index contributed by atoms with van der Waals surface area (Å²) < 4.78 is 13.4. The van der Waals surface area contributed by atoms with Gasteiger partial charge in [0.1, 0.15) is 11.9 Å². The Labute approximate surface area is 121 Å². The summed E-state index contributed by atoms with van der Waals surface area (Å²) >= 11 is 5.80. The minimum Gasteiger partial charge on any atom is -0.370 e. The summed E-state index contributed by atoms with van der Waals surface area (Å²) in [6, 6.07) is 10.3. The smallest absolute Gasteiger partial charge is 0.244 e. The Hall–Kier alpha value is -2.07. The second-order valence-electron chi connectivity index (χ2n) is 4.49. The predicted octanol–water partition coefficient (Wildman–Crippen LogP) is 3.43. The molecule has 2 rings (SSSR count). The van der Waals surface area contributed by atoms with Gasteiger partial charge in [0.2, 0.25) is 5.91 Å². The quantitative estimate of drug-likeness (QED) is 0.907. The van der Waals surface area contributed by atoms with Crippen LogP contribution in [0.1, 0.15) is 17.2 Å². The molecule has 0 radical (unpaired) electrons. The van der Waals surface area contributed by atoms with Gasteiger partial charge in [-0.25, -0.2) is 4.39 Å². The predicted molar refractivity (Wildman–Crippen MR) is 78.1 cm³/mol. The van der Waals surface area contributed by atoms with Gasteiger partial charge in [0.05, 0.1) is 0 Å². The second-order valence-corrected chi connectivity index (χ2v) is 4.92. The molecule has 0 saturated heterocycles.